The molecule has 2 fully saturated rings. The highest BCUT2D eigenvalue weighted by Gasteiger charge is 2.43. The molecule has 1 aliphatic heterocycles. The quantitative estimate of drug-likeness (QED) is 0.608. The number of nitrogens with zero attached hydrogens (tertiary/aromatic N) is 1. The maximum absolute atomic E-state index is 9.14. The van der Waals surface area contributed by atoms with Crippen LogP contribution in [0.4, 0.5) is 0 Å². The summed E-state index contributed by atoms with van der Waals surface area (Å²) in [6.07, 6.45) is 2.46. The van der Waals surface area contributed by atoms with Gasteiger partial charge in [0.05, 0.1) is 0 Å². The third-order valence-electron chi connectivity index (χ3n) is 3.06. The number of aliphatic hydroxyl groups excluding tert-OH is 1. The van der Waals surface area contributed by atoms with Crippen LogP contribution in [0.5, 0.6) is 0 Å². The molecule has 3 heteroatoms. The average Bonchev–Trinajstić information content (AvgIpc) is 2.88. The van der Waals surface area contributed by atoms with E-state index in [1.165, 1.54) is 12.8 Å². The molecular weight excluding hydrogens is 152 g/mol. The smallest absolute Gasteiger partial charge is 0.0499 e. The predicted octanol–water partition coefficient (Wildman–Crippen LogP) is -0.336. The van der Waals surface area contributed by atoms with Gasteiger partial charge in [-0.2, -0.15) is 0 Å². The molecule has 12 heavy (non-hydrogen) atoms. The fourth-order valence-electron chi connectivity index (χ4n) is 1.89. The Morgan fingerprint density at radius 3 is 2.42 bits per heavy atom. The molecule has 0 radical (unpaired) electrons. The van der Waals surface area contributed by atoms with Gasteiger partial charge in [-0.25, -0.2) is 0 Å². The van der Waals surface area contributed by atoms with E-state index in [2.05, 4.69) is 10.2 Å². The van der Waals surface area contributed by atoms with Crippen molar-refractivity contribution in [1.29, 1.82) is 0 Å². The van der Waals surface area contributed by atoms with Gasteiger partial charge in [0.1, 0.15) is 0 Å². The lowest BCUT2D eigenvalue weighted by Crippen LogP contribution is -2.46. The summed E-state index contributed by atoms with van der Waals surface area (Å²) in [5.41, 5.74) is 0.303. The normalized spacial score (nSPS) is 28.8. The van der Waals surface area contributed by atoms with Crippen LogP contribution < -0.4 is 5.32 Å². The number of hydrogen-bond donors (Lipinski definition) is 2. The molecule has 3 nitrogen and oxygen atoms in total. The van der Waals surface area contributed by atoms with E-state index < -0.39 is 0 Å². The summed E-state index contributed by atoms with van der Waals surface area (Å²) in [6, 6.07) is 0. The SMILES string of the molecule is OCC1(CN2CCNCC2)CC1. The van der Waals surface area contributed by atoms with Crippen molar-refractivity contribution in [2.45, 2.75) is 12.8 Å². The number of aliphatic hydroxyl groups is 1. The lowest BCUT2D eigenvalue weighted by atomic mass is 10.1. The summed E-state index contributed by atoms with van der Waals surface area (Å²) in [5.74, 6) is 0. The Balaban J connectivity index is 1.77. The summed E-state index contributed by atoms with van der Waals surface area (Å²) < 4.78 is 0. The van der Waals surface area contributed by atoms with Crippen LogP contribution in [0.1, 0.15) is 12.8 Å². The highest BCUT2D eigenvalue weighted by atomic mass is 16.3. The third kappa shape index (κ3) is 1.79. The molecule has 2 N–H and O–H groups in total. The summed E-state index contributed by atoms with van der Waals surface area (Å²) in [5, 5.41) is 12.5. The fourth-order valence-corrected chi connectivity index (χ4v) is 1.89. The molecule has 0 spiro atoms. The molecule has 1 aliphatic carbocycles. The first kappa shape index (κ1) is 8.48. The van der Waals surface area contributed by atoms with Gasteiger partial charge in [-0.15, -0.1) is 0 Å². The maximum Gasteiger partial charge on any atom is 0.0499 e. The van der Waals surface area contributed by atoms with Gasteiger partial charge in [-0.05, 0) is 12.8 Å². The molecule has 70 valence electrons. The molecule has 0 atom stereocenters. The van der Waals surface area contributed by atoms with Crippen LogP contribution in [0.3, 0.4) is 0 Å². The second-order valence-electron chi connectivity index (χ2n) is 4.18. The monoisotopic (exact) mass is 170 g/mol. The molecule has 1 saturated heterocycles. The maximum atomic E-state index is 9.14. The summed E-state index contributed by atoms with van der Waals surface area (Å²) in [4.78, 5) is 2.47. The molecule has 0 aromatic rings. The van der Waals surface area contributed by atoms with E-state index in [1.807, 2.05) is 0 Å². The first-order valence-corrected chi connectivity index (χ1v) is 4.89. The van der Waals surface area contributed by atoms with Gasteiger partial charge in [0.25, 0.3) is 0 Å². The van der Waals surface area contributed by atoms with Gasteiger partial charge in [0.2, 0.25) is 0 Å². The Morgan fingerprint density at radius 1 is 1.25 bits per heavy atom. The first-order valence-electron chi connectivity index (χ1n) is 4.89. The Labute approximate surface area is 73.8 Å². The minimum atomic E-state index is 0.303. The van der Waals surface area contributed by atoms with Gasteiger partial charge in [0.15, 0.2) is 0 Å². The first-order chi connectivity index (χ1) is 5.85. The predicted molar refractivity (Wildman–Crippen MR) is 48.1 cm³/mol. The van der Waals surface area contributed by atoms with Crippen LogP contribution in [0.25, 0.3) is 0 Å². The molecule has 0 aromatic heterocycles. The molecule has 0 bridgehead atoms. The van der Waals surface area contributed by atoms with Gasteiger partial charge < -0.3 is 15.3 Å². The van der Waals surface area contributed by atoms with Crippen molar-refractivity contribution >= 4 is 0 Å². The van der Waals surface area contributed by atoms with Crippen molar-refractivity contribution in [3.05, 3.63) is 0 Å². The lowest BCUT2D eigenvalue weighted by Gasteiger charge is -2.30. The standard InChI is InChI=1S/C9H18N2O/c12-8-9(1-2-9)7-11-5-3-10-4-6-11/h10,12H,1-8H2. The number of rotatable bonds is 3. The van der Waals surface area contributed by atoms with Gasteiger partial charge in [-0.1, -0.05) is 0 Å². The number of hydrogen-bond acceptors (Lipinski definition) is 3. The van der Waals surface area contributed by atoms with Crippen LogP contribution in [-0.4, -0.2) is 49.3 Å². The van der Waals surface area contributed by atoms with Crippen molar-refractivity contribution in [2.24, 2.45) is 5.41 Å². The second-order valence-corrected chi connectivity index (χ2v) is 4.18. The van der Waals surface area contributed by atoms with E-state index in [4.69, 9.17) is 5.11 Å². The van der Waals surface area contributed by atoms with Gasteiger partial charge >= 0.3 is 0 Å². The highest BCUT2D eigenvalue weighted by molar-refractivity contribution is 4.95. The lowest BCUT2D eigenvalue weighted by molar-refractivity contribution is 0.138. The average molecular weight is 170 g/mol. The molecule has 1 heterocycles. The van der Waals surface area contributed by atoms with Crippen molar-refractivity contribution in [1.82, 2.24) is 10.2 Å². The van der Waals surface area contributed by atoms with E-state index in [1.54, 1.807) is 0 Å². The molecule has 0 amide bonds. The third-order valence-corrected chi connectivity index (χ3v) is 3.06. The van der Waals surface area contributed by atoms with E-state index in [-0.39, 0.29) is 0 Å². The minimum absolute atomic E-state index is 0.303. The van der Waals surface area contributed by atoms with Crippen LogP contribution in [0.2, 0.25) is 0 Å². The van der Waals surface area contributed by atoms with Crippen molar-refractivity contribution < 1.29 is 5.11 Å². The van der Waals surface area contributed by atoms with Crippen LogP contribution in [0.15, 0.2) is 0 Å². The van der Waals surface area contributed by atoms with Crippen molar-refractivity contribution in [2.75, 3.05) is 39.3 Å². The van der Waals surface area contributed by atoms with Crippen LogP contribution in [-0.2, 0) is 0 Å². The molecular formula is C9H18N2O. The Kier molecular flexibility index (Phi) is 2.35. The summed E-state index contributed by atoms with van der Waals surface area (Å²) >= 11 is 0. The Morgan fingerprint density at radius 2 is 1.92 bits per heavy atom. The van der Waals surface area contributed by atoms with Crippen molar-refractivity contribution in [3.8, 4) is 0 Å². The Bertz CT molecular complexity index is 151. The zero-order valence-electron chi connectivity index (χ0n) is 7.55. The van der Waals surface area contributed by atoms with Gasteiger partial charge in [0, 0.05) is 44.7 Å². The minimum Gasteiger partial charge on any atom is -0.396 e. The molecule has 0 aromatic carbocycles. The summed E-state index contributed by atoms with van der Waals surface area (Å²) in [6.45, 7) is 6.04. The number of nitrogens with one attached hydrogen (secondary N) is 1. The van der Waals surface area contributed by atoms with Crippen molar-refractivity contribution in [3.63, 3.8) is 0 Å². The number of piperazine rings is 1. The Hall–Kier alpha value is -0.120. The van der Waals surface area contributed by atoms with E-state index in [0.717, 1.165) is 32.7 Å². The van der Waals surface area contributed by atoms with E-state index >= 15 is 0 Å². The fraction of sp³-hybridized carbons (Fsp3) is 1.00. The molecule has 2 aliphatic rings. The van der Waals surface area contributed by atoms with E-state index in [0.29, 0.717) is 12.0 Å². The van der Waals surface area contributed by atoms with E-state index in [9.17, 15) is 0 Å². The molecule has 2 rings (SSSR count). The zero-order chi connectivity index (χ0) is 8.44. The zero-order valence-corrected chi connectivity index (χ0v) is 7.55. The summed E-state index contributed by atoms with van der Waals surface area (Å²) in [7, 11) is 0. The molecule has 1 saturated carbocycles. The molecule has 0 unspecified atom stereocenters. The largest absolute Gasteiger partial charge is 0.396 e. The van der Waals surface area contributed by atoms with Crippen LogP contribution in [0, 0.1) is 5.41 Å². The highest BCUT2D eigenvalue weighted by Crippen LogP contribution is 2.45. The van der Waals surface area contributed by atoms with Crippen LogP contribution >= 0.6 is 0 Å². The topological polar surface area (TPSA) is 35.5 Å². The van der Waals surface area contributed by atoms with Gasteiger partial charge in [-0.3, -0.25) is 0 Å². The second kappa shape index (κ2) is 3.32.